The first-order valence-corrected chi connectivity index (χ1v) is 8.55. The van der Waals surface area contributed by atoms with E-state index in [4.69, 9.17) is 4.42 Å². The molecule has 0 bridgehead atoms. The van der Waals surface area contributed by atoms with Crippen LogP contribution in [0.25, 0.3) is 0 Å². The number of aryl methyl sites for hydroxylation is 1. The van der Waals surface area contributed by atoms with Crippen LogP contribution in [-0.4, -0.2) is 23.9 Å². The third-order valence-electron chi connectivity index (χ3n) is 3.96. The van der Waals surface area contributed by atoms with E-state index in [1.807, 2.05) is 37.3 Å². The van der Waals surface area contributed by atoms with Crippen LogP contribution >= 0.6 is 0 Å². The van der Waals surface area contributed by atoms with Crippen molar-refractivity contribution in [2.75, 3.05) is 17.7 Å². The van der Waals surface area contributed by atoms with Gasteiger partial charge in [-0.1, -0.05) is 18.2 Å². The minimum absolute atomic E-state index is 0.121. The average Bonchev–Trinajstić information content (AvgIpc) is 3.07. The maximum atomic E-state index is 12.5. The van der Waals surface area contributed by atoms with Crippen LogP contribution in [-0.2, 0) is 6.54 Å². The van der Waals surface area contributed by atoms with Gasteiger partial charge in [-0.15, -0.1) is 0 Å². The van der Waals surface area contributed by atoms with Crippen LogP contribution < -0.4 is 10.6 Å². The van der Waals surface area contributed by atoms with E-state index in [0.717, 1.165) is 11.5 Å². The first-order chi connectivity index (χ1) is 13.0. The SMILES string of the molecule is Cc1ccc(CN(C)C(=O)c2ccc(NC(=O)Nc3ccccc3)cc2)o1. The van der Waals surface area contributed by atoms with Crippen LogP contribution in [0.4, 0.5) is 16.2 Å². The molecular formula is C21H21N3O3. The van der Waals surface area contributed by atoms with Crippen molar-refractivity contribution in [1.82, 2.24) is 4.90 Å². The standard InChI is InChI=1S/C21H21N3O3/c1-15-8-13-19(27-15)14-24(2)20(25)16-9-11-18(12-10-16)23-21(26)22-17-6-4-3-5-7-17/h3-13H,14H2,1-2H3,(H2,22,23,26). The number of urea groups is 1. The number of nitrogens with zero attached hydrogens (tertiary/aromatic N) is 1. The average molecular weight is 363 g/mol. The zero-order chi connectivity index (χ0) is 19.2. The molecule has 27 heavy (non-hydrogen) atoms. The highest BCUT2D eigenvalue weighted by atomic mass is 16.3. The highest BCUT2D eigenvalue weighted by Gasteiger charge is 2.14. The van der Waals surface area contributed by atoms with Crippen molar-refractivity contribution in [2.24, 2.45) is 0 Å². The van der Waals surface area contributed by atoms with Gasteiger partial charge in [0, 0.05) is 24.0 Å². The molecule has 6 nitrogen and oxygen atoms in total. The Morgan fingerprint density at radius 3 is 2.11 bits per heavy atom. The Kier molecular flexibility index (Phi) is 5.56. The predicted molar refractivity (Wildman–Crippen MR) is 105 cm³/mol. The summed E-state index contributed by atoms with van der Waals surface area (Å²) in [6.07, 6.45) is 0. The van der Waals surface area contributed by atoms with Gasteiger partial charge in [-0.2, -0.15) is 0 Å². The molecule has 0 aliphatic rings. The van der Waals surface area contributed by atoms with E-state index >= 15 is 0 Å². The van der Waals surface area contributed by atoms with Crippen molar-refractivity contribution in [3.8, 4) is 0 Å². The molecule has 0 radical (unpaired) electrons. The van der Waals surface area contributed by atoms with Crippen LogP contribution in [0.3, 0.4) is 0 Å². The van der Waals surface area contributed by atoms with Crippen molar-refractivity contribution in [3.63, 3.8) is 0 Å². The summed E-state index contributed by atoms with van der Waals surface area (Å²) in [5.74, 6) is 1.43. The Balaban J connectivity index is 1.57. The van der Waals surface area contributed by atoms with Crippen LogP contribution in [0.2, 0.25) is 0 Å². The van der Waals surface area contributed by atoms with Gasteiger partial charge < -0.3 is 20.0 Å². The van der Waals surface area contributed by atoms with E-state index < -0.39 is 0 Å². The summed E-state index contributed by atoms with van der Waals surface area (Å²) in [4.78, 5) is 26.1. The number of furan rings is 1. The Morgan fingerprint density at radius 1 is 0.889 bits per heavy atom. The molecule has 0 unspecified atom stereocenters. The summed E-state index contributed by atoms with van der Waals surface area (Å²) in [6.45, 7) is 2.26. The molecule has 2 N–H and O–H groups in total. The molecule has 6 heteroatoms. The molecule has 1 heterocycles. The van der Waals surface area contributed by atoms with E-state index in [9.17, 15) is 9.59 Å². The molecule has 0 saturated heterocycles. The van der Waals surface area contributed by atoms with Gasteiger partial charge in [0.2, 0.25) is 0 Å². The Bertz CT molecular complexity index is 917. The minimum atomic E-state index is -0.342. The lowest BCUT2D eigenvalue weighted by Crippen LogP contribution is -2.26. The third kappa shape index (κ3) is 4.98. The summed E-state index contributed by atoms with van der Waals surface area (Å²) >= 11 is 0. The zero-order valence-corrected chi connectivity index (χ0v) is 15.2. The smallest absolute Gasteiger partial charge is 0.323 e. The second-order valence-electron chi connectivity index (χ2n) is 6.20. The fourth-order valence-corrected chi connectivity index (χ4v) is 2.61. The second kappa shape index (κ2) is 8.23. The molecular weight excluding hydrogens is 342 g/mol. The van der Waals surface area contributed by atoms with Crippen molar-refractivity contribution < 1.29 is 14.0 Å². The van der Waals surface area contributed by atoms with E-state index in [1.54, 1.807) is 48.3 Å². The molecule has 0 aliphatic heterocycles. The number of hydrogen-bond donors (Lipinski definition) is 2. The minimum Gasteiger partial charge on any atom is -0.464 e. The summed E-state index contributed by atoms with van der Waals surface area (Å²) in [7, 11) is 1.72. The fourth-order valence-electron chi connectivity index (χ4n) is 2.61. The number of anilines is 2. The van der Waals surface area contributed by atoms with Gasteiger partial charge in [0.1, 0.15) is 11.5 Å². The Labute approximate surface area is 157 Å². The fraction of sp³-hybridized carbons (Fsp3) is 0.143. The molecule has 0 atom stereocenters. The van der Waals surface area contributed by atoms with E-state index in [0.29, 0.717) is 23.5 Å². The molecule has 0 spiro atoms. The number of benzene rings is 2. The van der Waals surface area contributed by atoms with Gasteiger partial charge in [0.25, 0.3) is 5.91 Å². The third-order valence-corrected chi connectivity index (χ3v) is 3.96. The van der Waals surface area contributed by atoms with Gasteiger partial charge in [-0.25, -0.2) is 4.79 Å². The normalized spacial score (nSPS) is 10.3. The van der Waals surface area contributed by atoms with E-state index in [2.05, 4.69) is 10.6 Å². The number of nitrogens with one attached hydrogen (secondary N) is 2. The molecule has 0 saturated carbocycles. The van der Waals surface area contributed by atoms with Gasteiger partial charge in [0.15, 0.2) is 0 Å². The Morgan fingerprint density at radius 2 is 1.52 bits per heavy atom. The maximum Gasteiger partial charge on any atom is 0.323 e. The lowest BCUT2D eigenvalue weighted by molar-refractivity contribution is 0.0775. The highest BCUT2D eigenvalue weighted by Crippen LogP contribution is 2.15. The molecule has 1 aromatic heterocycles. The lowest BCUT2D eigenvalue weighted by Gasteiger charge is -2.16. The largest absolute Gasteiger partial charge is 0.464 e. The number of amides is 3. The van der Waals surface area contributed by atoms with Crippen molar-refractivity contribution in [2.45, 2.75) is 13.5 Å². The molecule has 3 amide bonds. The molecule has 0 fully saturated rings. The highest BCUT2D eigenvalue weighted by molar-refractivity contribution is 6.00. The van der Waals surface area contributed by atoms with Crippen molar-refractivity contribution in [1.29, 1.82) is 0 Å². The molecule has 138 valence electrons. The monoisotopic (exact) mass is 363 g/mol. The Hall–Kier alpha value is -3.54. The van der Waals surface area contributed by atoms with E-state index in [-0.39, 0.29) is 11.9 Å². The number of rotatable bonds is 5. The van der Waals surface area contributed by atoms with Gasteiger partial charge in [-0.05, 0) is 55.5 Å². The molecule has 2 aromatic carbocycles. The number of para-hydroxylation sites is 1. The molecule has 0 aliphatic carbocycles. The maximum absolute atomic E-state index is 12.5. The second-order valence-corrected chi connectivity index (χ2v) is 6.20. The van der Waals surface area contributed by atoms with Crippen molar-refractivity contribution >= 4 is 23.3 Å². The van der Waals surface area contributed by atoms with Crippen LogP contribution in [0.5, 0.6) is 0 Å². The van der Waals surface area contributed by atoms with Crippen LogP contribution in [0.1, 0.15) is 21.9 Å². The summed E-state index contributed by atoms with van der Waals surface area (Å²) < 4.78 is 5.50. The number of carbonyl (C=O) groups excluding carboxylic acids is 2. The van der Waals surface area contributed by atoms with Gasteiger partial charge in [0.05, 0.1) is 6.54 Å². The van der Waals surface area contributed by atoms with Gasteiger partial charge >= 0.3 is 6.03 Å². The number of hydrogen-bond acceptors (Lipinski definition) is 3. The molecule has 3 rings (SSSR count). The summed E-state index contributed by atoms with van der Waals surface area (Å²) in [6, 6.07) is 19.3. The topological polar surface area (TPSA) is 74.6 Å². The summed E-state index contributed by atoms with van der Waals surface area (Å²) in [5, 5.41) is 5.48. The first kappa shape index (κ1) is 18.3. The van der Waals surface area contributed by atoms with Gasteiger partial charge in [-0.3, -0.25) is 4.79 Å². The van der Waals surface area contributed by atoms with Crippen LogP contribution in [0.15, 0.2) is 71.1 Å². The predicted octanol–water partition coefficient (Wildman–Crippen LogP) is 4.50. The van der Waals surface area contributed by atoms with Crippen molar-refractivity contribution in [3.05, 3.63) is 83.8 Å². The van der Waals surface area contributed by atoms with Crippen LogP contribution in [0, 0.1) is 6.92 Å². The van der Waals surface area contributed by atoms with E-state index in [1.165, 1.54) is 0 Å². The molecule has 3 aromatic rings. The zero-order valence-electron chi connectivity index (χ0n) is 15.2. The lowest BCUT2D eigenvalue weighted by atomic mass is 10.2. The summed E-state index contributed by atoms with van der Waals surface area (Å²) in [5.41, 5.74) is 1.84. The quantitative estimate of drug-likeness (QED) is 0.701. The first-order valence-electron chi connectivity index (χ1n) is 8.55. The number of carbonyl (C=O) groups is 2.